The molecule has 2 heterocycles. The van der Waals surface area contributed by atoms with E-state index in [1.165, 1.54) is 11.0 Å². The number of nitrogens with zero attached hydrogens (tertiary/aromatic N) is 3. The van der Waals surface area contributed by atoms with Crippen LogP contribution in [-0.2, 0) is 43.6 Å². The van der Waals surface area contributed by atoms with Crippen molar-refractivity contribution in [2.24, 2.45) is 13.0 Å². The van der Waals surface area contributed by atoms with Crippen LogP contribution < -0.4 is 21.2 Å². The molecule has 0 bridgehead atoms. The van der Waals surface area contributed by atoms with E-state index in [0.717, 1.165) is 21.6 Å². The number of hydrogen-bond acceptors (Lipinski definition) is 7. The van der Waals surface area contributed by atoms with Crippen LogP contribution in [0.3, 0.4) is 0 Å². The van der Waals surface area contributed by atoms with E-state index in [1.807, 2.05) is 129 Å². The lowest BCUT2D eigenvalue weighted by Gasteiger charge is -2.52. The summed E-state index contributed by atoms with van der Waals surface area (Å²) in [5.74, 6) is -2.25. The van der Waals surface area contributed by atoms with Crippen LogP contribution in [0.25, 0.3) is 0 Å². The Hall–Kier alpha value is -5.32. The van der Waals surface area contributed by atoms with Crippen molar-refractivity contribution in [3.63, 3.8) is 0 Å². The van der Waals surface area contributed by atoms with E-state index < -0.39 is 39.2 Å². The number of aromatic nitrogens is 2. The van der Waals surface area contributed by atoms with E-state index in [-0.39, 0.29) is 47.5 Å². The fourth-order valence-corrected chi connectivity index (χ4v) is 13.6. The number of Topliss-reactive ketones (excluding diaryl/α,β-unsaturated/α-hetero) is 1. The van der Waals surface area contributed by atoms with Crippen molar-refractivity contribution in [1.29, 1.82) is 0 Å². The van der Waals surface area contributed by atoms with E-state index in [9.17, 15) is 19.2 Å². The molecule has 1 N–H and O–H groups in total. The monoisotopic (exact) mass is 848 g/mol. The van der Waals surface area contributed by atoms with Gasteiger partial charge in [-0.05, 0) is 54.1 Å². The number of rotatable bonds is 17. The Balaban J connectivity index is 1.47. The molecule has 1 aromatic heterocycles. The summed E-state index contributed by atoms with van der Waals surface area (Å²) < 4.78 is 14.3. The van der Waals surface area contributed by atoms with Gasteiger partial charge in [0.1, 0.15) is 12.0 Å². The van der Waals surface area contributed by atoms with Gasteiger partial charge in [0.25, 0.3) is 0 Å². The number of benzene rings is 4. The molecule has 0 saturated carbocycles. The lowest BCUT2D eigenvalue weighted by atomic mass is 9.79. The molecule has 306 valence electrons. The highest BCUT2D eigenvalue weighted by Gasteiger charge is 2.56. The Morgan fingerprint density at radius 2 is 1.51 bits per heavy atom. The standard InChI is InChI=1S/C46H50ClN4O6PSi/c1-7-25-56-46(55)45(58(36-17-11-8-12-18-36,37-19-13-9-14-20-37)38-21-15-10-16-22-38)51-40(43(44(51)54)32(2)57-59(4,5)6)28-41(52)34-24-23-33(39(47)26-34)27-42(53)49-30-35-29-48-31-50(35)3/h7-24,26,29,31-32,40,43H,1,25,27-28,30H2,2-6H3,(H,49,53)/t32-,40-,43-/m1/s1. The molecule has 1 saturated heterocycles. The predicted octanol–water partition coefficient (Wildman–Crippen LogP) is 6.43. The number of carbonyl (C=O) groups is 4. The van der Waals surface area contributed by atoms with Gasteiger partial charge in [0, 0.05) is 37.1 Å². The largest absolute Gasteiger partial charge is 0.457 e. The molecule has 2 amide bonds. The van der Waals surface area contributed by atoms with Gasteiger partial charge in [-0.25, -0.2) is 9.78 Å². The number of ketones is 1. The van der Waals surface area contributed by atoms with E-state index in [2.05, 4.69) is 16.9 Å². The van der Waals surface area contributed by atoms with E-state index in [4.69, 9.17) is 20.8 Å². The van der Waals surface area contributed by atoms with Crippen LogP contribution in [0.1, 0.15) is 35.0 Å². The molecule has 10 nitrogen and oxygen atoms in total. The predicted molar refractivity (Wildman–Crippen MR) is 238 cm³/mol. The maximum absolute atomic E-state index is 15.0. The van der Waals surface area contributed by atoms with Crippen LogP contribution >= 0.6 is 18.5 Å². The summed E-state index contributed by atoms with van der Waals surface area (Å²) in [5, 5.41) is 5.66. The molecule has 3 atom stereocenters. The number of likely N-dealkylation sites (tertiary alicyclic amines) is 1. The van der Waals surface area contributed by atoms with Crippen LogP contribution in [0.4, 0.5) is 0 Å². The number of imidazole rings is 1. The number of halogens is 1. The Morgan fingerprint density at radius 3 is 2.00 bits per heavy atom. The highest BCUT2D eigenvalue weighted by atomic mass is 35.5. The normalized spacial score (nSPS) is 15.8. The summed E-state index contributed by atoms with van der Waals surface area (Å²) in [6.45, 7) is 8.80. The molecule has 59 heavy (non-hydrogen) atoms. The van der Waals surface area contributed by atoms with E-state index >= 15 is 0 Å². The van der Waals surface area contributed by atoms with Gasteiger partial charge in [0.15, 0.2) is 14.1 Å². The molecule has 1 aliphatic heterocycles. The first-order valence-electron chi connectivity index (χ1n) is 19.5. The molecule has 0 unspecified atom stereocenters. The molecule has 5 aromatic rings. The van der Waals surface area contributed by atoms with Crippen LogP contribution in [0.2, 0.25) is 24.7 Å². The number of carbonyl (C=O) groups excluding carboxylic acids is 4. The van der Waals surface area contributed by atoms with Crippen molar-refractivity contribution in [3.05, 3.63) is 156 Å². The Kier molecular flexibility index (Phi) is 13.7. The van der Waals surface area contributed by atoms with Crippen molar-refractivity contribution >= 4 is 71.7 Å². The third-order valence-electron chi connectivity index (χ3n) is 10.3. The third-order valence-corrected chi connectivity index (χ3v) is 16.0. The number of hydrogen-bond donors (Lipinski definition) is 1. The number of amides is 2. The van der Waals surface area contributed by atoms with Crippen LogP contribution in [-0.4, -0.2) is 70.5 Å². The van der Waals surface area contributed by atoms with Gasteiger partial charge in [-0.1, -0.05) is 127 Å². The average Bonchev–Trinajstić information content (AvgIpc) is 3.64. The second-order valence-electron chi connectivity index (χ2n) is 15.5. The molecule has 13 heteroatoms. The van der Waals surface area contributed by atoms with Gasteiger partial charge in [-0.2, -0.15) is 0 Å². The highest BCUT2D eigenvalue weighted by Crippen LogP contribution is 2.50. The van der Waals surface area contributed by atoms with E-state index in [0.29, 0.717) is 17.7 Å². The van der Waals surface area contributed by atoms with E-state index in [1.54, 1.807) is 30.7 Å². The average molecular weight is 849 g/mol. The van der Waals surface area contributed by atoms with Gasteiger partial charge < -0.3 is 23.9 Å². The smallest absolute Gasteiger partial charge is 0.356 e. The minimum absolute atomic E-state index is 0.0130. The zero-order valence-electron chi connectivity index (χ0n) is 34.0. The quantitative estimate of drug-likeness (QED) is 0.0287. The van der Waals surface area contributed by atoms with Crippen molar-refractivity contribution < 1.29 is 28.3 Å². The van der Waals surface area contributed by atoms with Crippen molar-refractivity contribution in [3.8, 4) is 0 Å². The Bertz CT molecular complexity index is 2280. The first-order valence-corrected chi connectivity index (χ1v) is 25.1. The summed E-state index contributed by atoms with van der Waals surface area (Å²) in [7, 11) is -0.326. The minimum Gasteiger partial charge on any atom is -0.457 e. The summed E-state index contributed by atoms with van der Waals surface area (Å²) in [6.07, 6.45) is 4.17. The summed E-state index contributed by atoms with van der Waals surface area (Å²) in [4.78, 5) is 62.9. The molecule has 1 aliphatic rings. The second-order valence-corrected chi connectivity index (χ2v) is 23.7. The van der Waals surface area contributed by atoms with Gasteiger partial charge in [-0.3, -0.25) is 14.4 Å². The molecular weight excluding hydrogens is 799 g/mol. The van der Waals surface area contributed by atoms with Crippen molar-refractivity contribution in [2.45, 2.75) is 58.1 Å². The van der Waals surface area contributed by atoms with Crippen molar-refractivity contribution in [2.75, 3.05) is 6.61 Å². The minimum atomic E-state index is -3.22. The van der Waals surface area contributed by atoms with Gasteiger partial charge in [0.05, 0.1) is 43.1 Å². The van der Waals surface area contributed by atoms with Gasteiger partial charge in [-0.15, -0.1) is 0 Å². The maximum atomic E-state index is 15.0. The number of nitrogens with one attached hydrogen (secondary N) is 1. The lowest BCUT2D eigenvalue weighted by molar-refractivity contribution is -0.156. The first kappa shape index (κ1) is 43.3. The third kappa shape index (κ3) is 9.45. The molecule has 6 rings (SSSR count). The Morgan fingerprint density at radius 1 is 0.932 bits per heavy atom. The summed E-state index contributed by atoms with van der Waals surface area (Å²) >= 11 is 6.74. The maximum Gasteiger partial charge on any atom is 0.356 e. The number of aryl methyl sites for hydroxylation is 1. The summed E-state index contributed by atoms with van der Waals surface area (Å²) in [6, 6.07) is 33.3. The molecule has 0 spiro atoms. The second kappa shape index (κ2) is 18.7. The molecular formula is C46H50ClN4O6PSi. The topological polar surface area (TPSA) is 120 Å². The van der Waals surface area contributed by atoms with Gasteiger partial charge in [0.2, 0.25) is 11.8 Å². The van der Waals surface area contributed by atoms with Crippen LogP contribution in [0.5, 0.6) is 0 Å². The zero-order valence-corrected chi connectivity index (χ0v) is 36.7. The molecule has 1 fully saturated rings. The summed E-state index contributed by atoms with van der Waals surface area (Å²) in [5.41, 5.74) is 1.90. The Labute approximate surface area is 352 Å². The van der Waals surface area contributed by atoms with Crippen LogP contribution in [0.15, 0.2) is 134 Å². The first-order chi connectivity index (χ1) is 28.3. The highest BCUT2D eigenvalue weighted by molar-refractivity contribution is 7.96. The molecule has 0 aliphatic carbocycles. The zero-order chi connectivity index (χ0) is 42.3. The molecule has 4 aromatic carbocycles. The van der Waals surface area contributed by atoms with Gasteiger partial charge >= 0.3 is 5.97 Å². The number of β-lactam (4-membered cyclic amide) rings is 1. The lowest BCUT2D eigenvalue weighted by Crippen LogP contribution is -2.69. The SMILES string of the molecule is C=CCOC(=O)C(N1C(=O)[C@H]([C@@H](C)O[Si](C)(C)C)[C@H]1CC(=O)c1ccc(CC(=O)NCc2cncn2C)c(Cl)c1)=P(c1ccccc1)(c1ccccc1)c1ccccc1. The fraction of sp³-hybridized carbons (Fsp3) is 0.261. The molecule has 0 radical (unpaired) electrons. The fourth-order valence-electron chi connectivity index (χ4n) is 7.71. The van der Waals surface area contributed by atoms with Crippen molar-refractivity contribution in [1.82, 2.24) is 19.8 Å². The van der Waals surface area contributed by atoms with Crippen LogP contribution in [0, 0.1) is 5.92 Å². The number of esters is 1. The number of ether oxygens (including phenoxy) is 1.